The van der Waals surface area contributed by atoms with Crippen LogP contribution in [0.1, 0.15) is 28.5 Å². The van der Waals surface area contributed by atoms with Crippen molar-refractivity contribution < 1.29 is 9.53 Å². The number of aryl methyl sites for hydroxylation is 1. The maximum Gasteiger partial charge on any atom is 0.251 e. The number of benzene rings is 2. The topological polar surface area (TPSA) is 56.2 Å². The Hall–Kier alpha value is -2.50. The Kier molecular flexibility index (Phi) is 6.37. The van der Waals surface area contributed by atoms with Gasteiger partial charge in [0.25, 0.3) is 5.91 Å². The number of nitrogens with one attached hydrogen (secondary N) is 1. The van der Waals surface area contributed by atoms with Gasteiger partial charge >= 0.3 is 0 Å². The molecule has 0 bridgehead atoms. The van der Waals surface area contributed by atoms with E-state index in [0.717, 1.165) is 17.0 Å². The third kappa shape index (κ3) is 5.02. The van der Waals surface area contributed by atoms with Gasteiger partial charge in [-0.15, -0.1) is 0 Å². The zero-order valence-corrected chi connectivity index (χ0v) is 16.3. The highest BCUT2D eigenvalue weighted by Crippen LogP contribution is 2.18. The number of hydrogen-bond donors (Lipinski definition) is 1. The fraction of sp³-hybridized carbons (Fsp3) is 0.200. The summed E-state index contributed by atoms with van der Waals surface area (Å²) in [7, 11) is 0. The van der Waals surface area contributed by atoms with Crippen molar-refractivity contribution in [2.45, 2.75) is 26.6 Å². The van der Waals surface area contributed by atoms with E-state index in [1.807, 2.05) is 25.1 Å². The average molecular weight is 404 g/mol. The Labute approximate surface area is 167 Å². The van der Waals surface area contributed by atoms with Crippen molar-refractivity contribution in [3.05, 3.63) is 81.6 Å². The van der Waals surface area contributed by atoms with Gasteiger partial charge in [-0.1, -0.05) is 35.3 Å². The first-order valence-electron chi connectivity index (χ1n) is 8.52. The van der Waals surface area contributed by atoms with Gasteiger partial charge in [-0.25, -0.2) is 0 Å². The second-order valence-corrected chi connectivity index (χ2v) is 6.72. The van der Waals surface area contributed by atoms with Crippen molar-refractivity contribution in [1.82, 2.24) is 15.1 Å². The summed E-state index contributed by atoms with van der Waals surface area (Å²) in [6.07, 6.45) is 1.58. The van der Waals surface area contributed by atoms with Crippen LogP contribution >= 0.6 is 23.2 Å². The molecule has 1 aromatic heterocycles. The SMILES string of the molecule is CCn1ncc(Cl)c1CNC(=O)c1cccc(COc2ccc(Cl)cc2)c1. The fourth-order valence-corrected chi connectivity index (χ4v) is 2.94. The van der Waals surface area contributed by atoms with E-state index in [0.29, 0.717) is 35.3 Å². The van der Waals surface area contributed by atoms with Gasteiger partial charge in [-0.2, -0.15) is 5.10 Å². The molecular weight excluding hydrogens is 385 g/mol. The molecule has 7 heteroatoms. The standard InChI is InChI=1S/C20H19Cl2N3O2/c1-2-25-19(18(22)11-24-25)12-23-20(26)15-5-3-4-14(10-15)13-27-17-8-6-16(21)7-9-17/h3-11H,2,12-13H2,1H3,(H,23,26). The minimum atomic E-state index is -0.178. The second-order valence-electron chi connectivity index (χ2n) is 5.88. The van der Waals surface area contributed by atoms with Crippen molar-refractivity contribution in [3.63, 3.8) is 0 Å². The molecule has 2 aromatic carbocycles. The van der Waals surface area contributed by atoms with Gasteiger partial charge in [-0.05, 0) is 48.9 Å². The Morgan fingerprint density at radius 1 is 1.19 bits per heavy atom. The lowest BCUT2D eigenvalue weighted by molar-refractivity contribution is 0.0949. The van der Waals surface area contributed by atoms with Gasteiger partial charge in [0, 0.05) is 17.1 Å². The van der Waals surface area contributed by atoms with Crippen LogP contribution in [0.4, 0.5) is 0 Å². The van der Waals surface area contributed by atoms with Crippen LogP contribution in [-0.2, 0) is 19.7 Å². The number of ether oxygens (including phenoxy) is 1. The Balaban J connectivity index is 1.61. The van der Waals surface area contributed by atoms with E-state index in [1.54, 1.807) is 41.2 Å². The molecule has 0 spiro atoms. The molecular formula is C20H19Cl2N3O2. The number of carbonyl (C=O) groups excluding carboxylic acids is 1. The molecule has 27 heavy (non-hydrogen) atoms. The number of halogens is 2. The highest BCUT2D eigenvalue weighted by molar-refractivity contribution is 6.31. The third-order valence-corrected chi connectivity index (χ3v) is 4.59. The average Bonchev–Trinajstić information content (AvgIpc) is 3.05. The summed E-state index contributed by atoms with van der Waals surface area (Å²) in [5, 5.41) is 8.25. The second kappa shape index (κ2) is 8.93. The van der Waals surface area contributed by atoms with E-state index in [9.17, 15) is 4.79 Å². The summed E-state index contributed by atoms with van der Waals surface area (Å²) in [5.74, 6) is 0.542. The minimum Gasteiger partial charge on any atom is -0.489 e. The molecule has 0 atom stereocenters. The number of nitrogens with zero attached hydrogens (tertiary/aromatic N) is 2. The molecule has 1 amide bonds. The largest absolute Gasteiger partial charge is 0.489 e. The monoisotopic (exact) mass is 403 g/mol. The predicted octanol–water partition coefficient (Wildman–Crippen LogP) is 4.72. The molecule has 1 N–H and O–H groups in total. The van der Waals surface area contributed by atoms with Crippen LogP contribution in [0.15, 0.2) is 54.7 Å². The van der Waals surface area contributed by atoms with E-state index < -0.39 is 0 Å². The highest BCUT2D eigenvalue weighted by atomic mass is 35.5. The van der Waals surface area contributed by atoms with E-state index in [1.165, 1.54) is 0 Å². The first kappa shape index (κ1) is 19.3. The van der Waals surface area contributed by atoms with Crippen molar-refractivity contribution in [2.75, 3.05) is 0 Å². The Morgan fingerprint density at radius 3 is 2.70 bits per heavy atom. The maximum atomic E-state index is 12.5. The summed E-state index contributed by atoms with van der Waals surface area (Å²) in [4.78, 5) is 12.5. The molecule has 0 saturated heterocycles. The molecule has 0 aliphatic heterocycles. The van der Waals surface area contributed by atoms with E-state index >= 15 is 0 Å². The molecule has 0 radical (unpaired) electrons. The third-order valence-electron chi connectivity index (χ3n) is 4.02. The number of hydrogen-bond acceptors (Lipinski definition) is 3. The van der Waals surface area contributed by atoms with Gasteiger partial charge in [-0.3, -0.25) is 9.48 Å². The first-order chi connectivity index (χ1) is 13.1. The van der Waals surface area contributed by atoms with E-state index in [2.05, 4.69) is 10.4 Å². The quantitative estimate of drug-likeness (QED) is 0.620. The van der Waals surface area contributed by atoms with Crippen LogP contribution in [0.25, 0.3) is 0 Å². The van der Waals surface area contributed by atoms with Crippen molar-refractivity contribution in [2.24, 2.45) is 0 Å². The van der Waals surface area contributed by atoms with Gasteiger partial charge in [0.05, 0.1) is 23.5 Å². The molecule has 1 heterocycles. The summed E-state index contributed by atoms with van der Waals surface area (Å²) in [5.41, 5.74) is 2.25. The summed E-state index contributed by atoms with van der Waals surface area (Å²) < 4.78 is 7.49. The van der Waals surface area contributed by atoms with Crippen LogP contribution in [0, 0.1) is 0 Å². The molecule has 0 aliphatic rings. The number of rotatable bonds is 7. The zero-order valence-electron chi connectivity index (χ0n) is 14.8. The molecule has 0 fully saturated rings. The first-order valence-corrected chi connectivity index (χ1v) is 9.28. The Bertz CT molecular complexity index is 923. The minimum absolute atomic E-state index is 0.178. The predicted molar refractivity (Wildman–Crippen MR) is 106 cm³/mol. The summed E-state index contributed by atoms with van der Waals surface area (Å²) in [6.45, 7) is 3.34. The maximum absolute atomic E-state index is 12.5. The van der Waals surface area contributed by atoms with Crippen molar-refractivity contribution in [1.29, 1.82) is 0 Å². The summed E-state index contributed by atoms with van der Waals surface area (Å²) >= 11 is 12.0. The van der Waals surface area contributed by atoms with Gasteiger partial charge in [0.15, 0.2) is 0 Å². The lowest BCUT2D eigenvalue weighted by Gasteiger charge is -2.10. The lowest BCUT2D eigenvalue weighted by atomic mass is 10.1. The van der Waals surface area contributed by atoms with E-state index in [-0.39, 0.29) is 5.91 Å². The highest BCUT2D eigenvalue weighted by Gasteiger charge is 2.11. The molecule has 3 aromatic rings. The molecule has 0 unspecified atom stereocenters. The van der Waals surface area contributed by atoms with Crippen LogP contribution in [-0.4, -0.2) is 15.7 Å². The van der Waals surface area contributed by atoms with Gasteiger partial charge < -0.3 is 10.1 Å². The van der Waals surface area contributed by atoms with Crippen molar-refractivity contribution in [3.8, 4) is 5.75 Å². The van der Waals surface area contributed by atoms with Crippen molar-refractivity contribution >= 4 is 29.1 Å². The van der Waals surface area contributed by atoms with Crippen LogP contribution in [0.5, 0.6) is 5.75 Å². The molecule has 0 aliphatic carbocycles. The number of aromatic nitrogens is 2. The van der Waals surface area contributed by atoms with Crippen LogP contribution in [0.3, 0.4) is 0 Å². The lowest BCUT2D eigenvalue weighted by Crippen LogP contribution is -2.24. The fourth-order valence-electron chi connectivity index (χ4n) is 2.60. The smallest absolute Gasteiger partial charge is 0.251 e. The van der Waals surface area contributed by atoms with Crippen LogP contribution < -0.4 is 10.1 Å². The van der Waals surface area contributed by atoms with Gasteiger partial charge in [0.1, 0.15) is 12.4 Å². The molecule has 0 saturated carbocycles. The van der Waals surface area contributed by atoms with E-state index in [4.69, 9.17) is 27.9 Å². The number of amides is 1. The van der Waals surface area contributed by atoms with Crippen LogP contribution in [0.2, 0.25) is 10.0 Å². The Morgan fingerprint density at radius 2 is 1.96 bits per heavy atom. The normalized spacial score (nSPS) is 10.6. The number of carbonyl (C=O) groups is 1. The van der Waals surface area contributed by atoms with Gasteiger partial charge in [0.2, 0.25) is 0 Å². The summed E-state index contributed by atoms with van der Waals surface area (Å²) in [6, 6.07) is 14.5. The zero-order chi connectivity index (χ0) is 19.2. The molecule has 140 valence electrons. The molecule has 5 nitrogen and oxygen atoms in total. The molecule has 3 rings (SSSR count).